The Kier molecular flexibility index (Phi) is 6.83. The number of nitrogens with one attached hydrogen (secondary N) is 1. The van der Waals surface area contributed by atoms with Crippen LogP contribution in [0.3, 0.4) is 0 Å². The summed E-state index contributed by atoms with van der Waals surface area (Å²) in [5.41, 5.74) is 3.47. The van der Waals surface area contributed by atoms with Crippen LogP contribution in [0.4, 0.5) is 5.69 Å². The van der Waals surface area contributed by atoms with Crippen molar-refractivity contribution in [3.8, 4) is 0 Å². The number of carbonyl (C=O) groups excluding carboxylic acids is 1. The molecule has 0 radical (unpaired) electrons. The topological polar surface area (TPSA) is 35.6 Å². The number of nitrogens with zero attached hydrogens (tertiary/aromatic N) is 2. The molecule has 1 saturated heterocycles. The Bertz CT molecular complexity index is 684. The Morgan fingerprint density at radius 3 is 2.23 bits per heavy atom. The lowest BCUT2D eigenvalue weighted by Crippen LogP contribution is -2.48. The number of aryl methyl sites for hydroxylation is 2. The first-order valence-electron chi connectivity index (χ1n) is 9.57. The summed E-state index contributed by atoms with van der Waals surface area (Å²) in [4.78, 5) is 18.7. The zero-order chi connectivity index (χ0) is 18.4. The number of carbonyl (C=O) groups is 1. The smallest absolute Gasteiger partial charge is 0.238 e. The van der Waals surface area contributed by atoms with Crippen molar-refractivity contribution in [1.29, 1.82) is 0 Å². The summed E-state index contributed by atoms with van der Waals surface area (Å²) in [6, 6.07) is 10.6. The second kappa shape index (κ2) is 9.31. The van der Waals surface area contributed by atoms with Crippen LogP contribution in [0, 0.1) is 0 Å². The predicted molar refractivity (Wildman–Crippen MR) is 110 cm³/mol. The van der Waals surface area contributed by atoms with Gasteiger partial charge in [-0.1, -0.05) is 38.1 Å². The summed E-state index contributed by atoms with van der Waals surface area (Å²) in [6.45, 7) is 9.74. The van der Waals surface area contributed by atoms with E-state index in [1.165, 1.54) is 16.0 Å². The van der Waals surface area contributed by atoms with Crippen molar-refractivity contribution < 1.29 is 4.79 Å². The van der Waals surface area contributed by atoms with Crippen LogP contribution in [0.1, 0.15) is 29.9 Å². The van der Waals surface area contributed by atoms with E-state index in [4.69, 9.17) is 0 Å². The lowest BCUT2D eigenvalue weighted by Gasteiger charge is -2.34. The summed E-state index contributed by atoms with van der Waals surface area (Å²) >= 11 is 1.82. The van der Waals surface area contributed by atoms with Crippen LogP contribution >= 0.6 is 11.3 Å². The van der Waals surface area contributed by atoms with Gasteiger partial charge in [-0.05, 0) is 35.4 Å². The fourth-order valence-electron chi connectivity index (χ4n) is 3.51. The Balaban J connectivity index is 1.50. The van der Waals surface area contributed by atoms with Crippen molar-refractivity contribution in [1.82, 2.24) is 9.80 Å². The van der Waals surface area contributed by atoms with Crippen molar-refractivity contribution >= 4 is 22.9 Å². The molecule has 1 aromatic carbocycles. The fraction of sp³-hybridized carbons (Fsp3) is 0.476. The molecule has 0 unspecified atom stereocenters. The first kappa shape index (κ1) is 19.1. The number of amides is 1. The molecule has 3 rings (SSSR count). The highest BCUT2D eigenvalue weighted by atomic mass is 32.1. The number of thiophene rings is 1. The van der Waals surface area contributed by atoms with Crippen LogP contribution in [-0.4, -0.2) is 48.4 Å². The van der Waals surface area contributed by atoms with Crippen LogP contribution in [0.5, 0.6) is 0 Å². The van der Waals surface area contributed by atoms with E-state index in [1.54, 1.807) is 0 Å². The van der Waals surface area contributed by atoms with Crippen molar-refractivity contribution in [3.05, 3.63) is 51.7 Å². The second-order valence-corrected chi connectivity index (χ2v) is 7.87. The molecule has 1 fully saturated rings. The lowest BCUT2D eigenvalue weighted by molar-refractivity contribution is -0.117. The van der Waals surface area contributed by atoms with E-state index in [0.717, 1.165) is 51.3 Å². The fourth-order valence-corrected chi connectivity index (χ4v) is 4.26. The minimum atomic E-state index is 0.104. The quantitative estimate of drug-likeness (QED) is 0.807. The summed E-state index contributed by atoms with van der Waals surface area (Å²) in [5, 5.41) is 5.32. The molecule has 26 heavy (non-hydrogen) atoms. The van der Waals surface area contributed by atoms with Gasteiger partial charge >= 0.3 is 0 Å². The van der Waals surface area contributed by atoms with Gasteiger partial charge in [-0.15, -0.1) is 11.3 Å². The standard InChI is InChI=1S/C21H29N3OS/c1-3-17-7-5-8-18(4-2)21(17)22-20(25)16-24-12-10-23(11-13-24)15-19-9-6-14-26-19/h5-9,14H,3-4,10-13,15-16H2,1-2H3,(H,22,25). The molecule has 2 aromatic rings. The maximum absolute atomic E-state index is 12.6. The van der Waals surface area contributed by atoms with Crippen molar-refractivity contribution in [2.45, 2.75) is 33.2 Å². The molecule has 5 heteroatoms. The Morgan fingerprint density at radius 1 is 1.00 bits per heavy atom. The number of benzene rings is 1. The molecule has 1 N–H and O–H groups in total. The van der Waals surface area contributed by atoms with Gasteiger partial charge in [-0.2, -0.15) is 0 Å². The summed E-state index contributed by atoms with van der Waals surface area (Å²) < 4.78 is 0. The molecule has 1 aromatic heterocycles. The average molecular weight is 372 g/mol. The highest BCUT2D eigenvalue weighted by Gasteiger charge is 2.20. The van der Waals surface area contributed by atoms with Crippen molar-refractivity contribution in [2.75, 3.05) is 38.0 Å². The molecule has 0 aliphatic carbocycles. The largest absolute Gasteiger partial charge is 0.324 e. The maximum Gasteiger partial charge on any atom is 0.238 e. The third-order valence-electron chi connectivity index (χ3n) is 5.05. The van der Waals surface area contributed by atoms with Gasteiger partial charge in [0.1, 0.15) is 0 Å². The molecule has 1 amide bonds. The molecule has 0 atom stereocenters. The number of hydrogen-bond donors (Lipinski definition) is 1. The molecule has 0 saturated carbocycles. The first-order valence-corrected chi connectivity index (χ1v) is 10.4. The lowest BCUT2D eigenvalue weighted by atomic mass is 10.0. The zero-order valence-electron chi connectivity index (χ0n) is 15.8. The molecule has 140 valence electrons. The molecule has 2 heterocycles. The van der Waals surface area contributed by atoms with Crippen LogP contribution in [-0.2, 0) is 24.2 Å². The molecular weight excluding hydrogens is 342 g/mol. The zero-order valence-corrected chi connectivity index (χ0v) is 16.6. The molecular formula is C21H29N3OS. The maximum atomic E-state index is 12.6. The number of rotatable bonds is 7. The number of hydrogen-bond acceptors (Lipinski definition) is 4. The van der Waals surface area contributed by atoms with Crippen molar-refractivity contribution in [2.24, 2.45) is 0 Å². The Morgan fingerprint density at radius 2 is 1.65 bits per heavy atom. The van der Waals surface area contributed by atoms with E-state index in [2.05, 4.69) is 64.7 Å². The van der Waals surface area contributed by atoms with Gasteiger partial charge < -0.3 is 5.32 Å². The van der Waals surface area contributed by atoms with Crippen molar-refractivity contribution in [3.63, 3.8) is 0 Å². The molecule has 0 bridgehead atoms. The summed E-state index contributed by atoms with van der Waals surface area (Å²) in [7, 11) is 0. The van der Waals surface area contributed by atoms with Gasteiger partial charge in [-0.25, -0.2) is 0 Å². The molecule has 4 nitrogen and oxygen atoms in total. The average Bonchev–Trinajstić information content (AvgIpc) is 3.16. The van der Waals surface area contributed by atoms with Gasteiger partial charge in [0.15, 0.2) is 0 Å². The summed E-state index contributed by atoms with van der Waals surface area (Å²) in [5.74, 6) is 0.104. The third kappa shape index (κ3) is 4.93. The normalized spacial score (nSPS) is 15.9. The highest BCUT2D eigenvalue weighted by Crippen LogP contribution is 2.22. The number of para-hydroxylation sites is 1. The van der Waals surface area contributed by atoms with E-state index in [0.29, 0.717) is 6.54 Å². The first-order chi connectivity index (χ1) is 12.7. The molecule has 1 aliphatic heterocycles. The van der Waals surface area contributed by atoms with Gasteiger partial charge in [0.25, 0.3) is 0 Å². The minimum absolute atomic E-state index is 0.104. The van der Waals surface area contributed by atoms with Gasteiger partial charge in [-0.3, -0.25) is 14.6 Å². The minimum Gasteiger partial charge on any atom is -0.324 e. The Hall–Kier alpha value is -1.69. The van der Waals surface area contributed by atoms with Crippen LogP contribution in [0.15, 0.2) is 35.7 Å². The highest BCUT2D eigenvalue weighted by molar-refractivity contribution is 7.09. The predicted octanol–water partition coefficient (Wildman–Crippen LogP) is 3.63. The third-order valence-corrected chi connectivity index (χ3v) is 5.92. The van der Waals surface area contributed by atoms with Crippen LogP contribution in [0.25, 0.3) is 0 Å². The van der Waals surface area contributed by atoms with Gasteiger partial charge in [0, 0.05) is 43.3 Å². The van der Waals surface area contributed by atoms with Crippen LogP contribution < -0.4 is 5.32 Å². The number of piperazine rings is 1. The van der Waals surface area contributed by atoms with E-state index in [9.17, 15) is 4.79 Å². The summed E-state index contributed by atoms with van der Waals surface area (Å²) in [6.07, 6.45) is 1.87. The monoisotopic (exact) mass is 371 g/mol. The molecule has 0 spiro atoms. The Labute approximate surface area is 160 Å². The SMILES string of the molecule is CCc1cccc(CC)c1NC(=O)CN1CCN(Cc2cccs2)CC1. The second-order valence-electron chi connectivity index (χ2n) is 6.84. The van der Waals surface area contributed by atoms with E-state index in [1.807, 2.05) is 11.3 Å². The van der Waals surface area contributed by atoms with Gasteiger partial charge in [0.2, 0.25) is 5.91 Å². The van der Waals surface area contributed by atoms with Crippen LogP contribution in [0.2, 0.25) is 0 Å². The van der Waals surface area contributed by atoms with E-state index >= 15 is 0 Å². The van der Waals surface area contributed by atoms with Gasteiger partial charge in [0.05, 0.1) is 6.54 Å². The number of anilines is 1. The van der Waals surface area contributed by atoms with E-state index < -0.39 is 0 Å². The molecule has 1 aliphatic rings. The van der Waals surface area contributed by atoms with E-state index in [-0.39, 0.29) is 5.91 Å².